The molecule has 1 saturated heterocycles. The molecule has 0 bridgehead atoms. The summed E-state index contributed by atoms with van der Waals surface area (Å²) in [7, 11) is 0. The molecular formula is C11H18N2OS. The highest BCUT2D eigenvalue weighted by molar-refractivity contribution is 7.11. The lowest BCUT2D eigenvalue weighted by molar-refractivity contribution is 0.177. The van der Waals surface area contributed by atoms with E-state index >= 15 is 0 Å². The highest BCUT2D eigenvalue weighted by Gasteiger charge is 2.33. The van der Waals surface area contributed by atoms with E-state index in [4.69, 9.17) is 0 Å². The van der Waals surface area contributed by atoms with Crippen LogP contribution >= 0.6 is 11.3 Å². The van der Waals surface area contributed by atoms with E-state index < -0.39 is 0 Å². The van der Waals surface area contributed by atoms with Gasteiger partial charge in [-0.3, -0.25) is 0 Å². The number of aromatic nitrogens is 1. The van der Waals surface area contributed by atoms with Crippen LogP contribution in [-0.4, -0.2) is 28.8 Å². The van der Waals surface area contributed by atoms with Crippen LogP contribution in [0, 0.1) is 13.8 Å². The zero-order valence-corrected chi connectivity index (χ0v) is 10.2. The molecule has 1 aromatic heterocycles. The lowest BCUT2D eigenvalue weighted by atomic mass is 9.95. The monoisotopic (exact) mass is 226 g/mol. The second kappa shape index (κ2) is 4.20. The van der Waals surface area contributed by atoms with Crippen molar-refractivity contribution in [1.29, 1.82) is 0 Å². The molecule has 1 aliphatic heterocycles. The largest absolute Gasteiger partial charge is 0.394 e. The van der Waals surface area contributed by atoms with E-state index in [0.29, 0.717) is 0 Å². The van der Waals surface area contributed by atoms with Gasteiger partial charge in [-0.25, -0.2) is 4.98 Å². The van der Waals surface area contributed by atoms with Crippen molar-refractivity contribution in [3.63, 3.8) is 0 Å². The normalized spacial score (nSPS) is 26.1. The Bertz CT molecular complexity index is 323. The number of nitrogens with one attached hydrogen (secondary N) is 1. The Morgan fingerprint density at radius 2 is 2.33 bits per heavy atom. The topological polar surface area (TPSA) is 45.2 Å². The Kier molecular flexibility index (Phi) is 3.09. The van der Waals surface area contributed by atoms with Crippen molar-refractivity contribution in [3.8, 4) is 0 Å². The fraction of sp³-hybridized carbons (Fsp3) is 0.727. The average molecular weight is 226 g/mol. The first-order valence-corrected chi connectivity index (χ1v) is 6.26. The molecule has 15 heavy (non-hydrogen) atoms. The van der Waals surface area contributed by atoms with Crippen LogP contribution in [0.3, 0.4) is 0 Å². The first-order chi connectivity index (χ1) is 7.15. The van der Waals surface area contributed by atoms with E-state index in [1.54, 1.807) is 11.3 Å². The van der Waals surface area contributed by atoms with Crippen LogP contribution in [0.15, 0.2) is 0 Å². The Balaban J connectivity index is 2.12. The Labute approximate surface area is 94.5 Å². The highest BCUT2D eigenvalue weighted by atomic mass is 32.1. The molecule has 2 rings (SSSR count). The van der Waals surface area contributed by atoms with Gasteiger partial charge in [0, 0.05) is 16.8 Å². The minimum Gasteiger partial charge on any atom is -0.394 e. The van der Waals surface area contributed by atoms with Crippen molar-refractivity contribution in [2.45, 2.75) is 38.6 Å². The third-order valence-electron chi connectivity index (χ3n) is 3.20. The number of aryl methyl sites for hydroxylation is 2. The van der Waals surface area contributed by atoms with Crippen LogP contribution in [0.4, 0.5) is 0 Å². The Morgan fingerprint density at radius 3 is 2.80 bits per heavy atom. The molecule has 1 aliphatic rings. The van der Waals surface area contributed by atoms with Crippen LogP contribution in [-0.2, 0) is 6.42 Å². The third kappa shape index (κ3) is 2.22. The SMILES string of the molecule is Cc1nc(CC2(CO)CCCN2)sc1C. The van der Waals surface area contributed by atoms with Gasteiger partial charge in [-0.05, 0) is 33.2 Å². The van der Waals surface area contributed by atoms with Gasteiger partial charge in [-0.15, -0.1) is 11.3 Å². The van der Waals surface area contributed by atoms with Crippen LogP contribution in [0.25, 0.3) is 0 Å². The summed E-state index contributed by atoms with van der Waals surface area (Å²) in [5.74, 6) is 0. The molecule has 0 saturated carbocycles. The summed E-state index contributed by atoms with van der Waals surface area (Å²) in [5.41, 5.74) is 1.03. The number of hydrogen-bond acceptors (Lipinski definition) is 4. The third-order valence-corrected chi connectivity index (χ3v) is 4.27. The van der Waals surface area contributed by atoms with E-state index in [2.05, 4.69) is 17.2 Å². The summed E-state index contributed by atoms with van der Waals surface area (Å²) in [5, 5.41) is 14.0. The molecule has 0 spiro atoms. The molecule has 0 aliphatic carbocycles. The Hall–Kier alpha value is -0.450. The number of nitrogens with zero attached hydrogens (tertiary/aromatic N) is 1. The number of rotatable bonds is 3. The minimum atomic E-state index is -0.100. The lowest BCUT2D eigenvalue weighted by Gasteiger charge is -2.25. The maximum atomic E-state index is 9.47. The number of aliphatic hydroxyl groups excluding tert-OH is 1. The van der Waals surface area contributed by atoms with Crippen LogP contribution in [0.5, 0.6) is 0 Å². The van der Waals surface area contributed by atoms with Gasteiger partial charge in [0.05, 0.1) is 17.3 Å². The summed E-state index contributed by atoms with van der Waals surface area (Å²) < 4.78 is 0. The van der Waals surface area contributed by atoms with Gasteiger partial charge in [0.15, 0.2) is 0 Å². The summed E-state index contributed by atoms with van der Waals surface area (Å²) in [6.07, 6.45) is 3.08. The van der Waals surface area contributed by atoms with Crippen molar-refractivity contribution in [2.24, 2.45) is 0 Å². The predicted octanol–water partition coefficient (Wildman–Crippen LogP) is 1.42. The van der Waals surface area contributed by atoms with E-state index in [9.17, 15) is 5.11 Å². The van der Waals surface area contributed by atoms with Crippen molar-refractivity contribution < 1.29 is 5.11 Å². The van der Waals surface area contributed by atoms with Crippen LogP contribution in [0.2, 0.25) is 0 Å². The van der Waals surface area contributed by atoms with E-state index in [0.717, 1.165) is 36.5 Å². The Morgan fingerprint density at radius 1 is 1.53 bits per heavy atom. The van der Waals surface area contributed by atoms with Gasteiger partial charge in [0.25, 0.3) is 0 Å². The summed E-state index contributed by atoms with van der Waals surface area (Å²) >= 11 is 1.75. The lowest BCUT2D eigenvalue weighted by Crippen LogP contribution is -2.45. The molecular weight excluding hydrogens is 208 g/mol. The minimum absolute atomic E-state index is 0.100. The van der Waals surface area contributed by atoms with Gasteiger partial charge >= 0.3 is 0 Å². The van der Waals surface area contributed by atoms with Crippen LogP contribution < -0.4 is 5.32 Å². The van der Waals surface area contributed by atoms with Gasteiger partial charge in [0.2, 0.25) is 0 Å². The molecule has 4 heteroatoms. The van der Waals surface area contributed by atoms with Gasteiger partial charge < -0.3 is 10.4 Å². The summed E-state index contributed by atoms with van der Waals surface area (Å²) in [6, 6.07) is 0. The summed E-state index contributed by atoms with van der Waals surface area (Å²) in [4.78, 5) is 5.82. The van der Waals surface area contributed by atoms with Crippen molar-refractivity contribution in [1.82, 2.24) is 10.3 Å². The maximum Gasteiger partial charge on any atom is 0.0950 e. The zero-order chi connectivity index (χ0) is 10.9. The molecule has 0 amide bonds. The molecule has 2 N–H and O–H groups in total. The highest BCUT2D eigenvalue weighted by Crippen LogP contribution is 2.26. The fourth-order valence-corrected chi connectivity index (χ4v) is 3.19. The molecule has 1 atom stereocenters. The second-order valence-corrected chi connectivity index (χ2v) is 5.68. The first-order valence-electron chi connectivity index (χ1n) is 5.44. The van der Waals surface area contributed by atoms with Gasteiger partial charge in [0.1, 0.15) is 0 Å². The van der Waals surface area contributed by atoms with Crippen molar-refractivity contribution in [2.75, 3.05) is 13.2 Å². The van der Waals surface area contributed by atoms with E-state index in [-0.39, 0.29) is 12.1 Å². The number of aliphatic hydroxyl groups is 1. The quantitative estimate of drug-likeness (QED) is 0.819. The molecule has 1 aromatic rings. The standard InChI is InChI=1S/C11H18N2OS/c1-8-9(2)15-10(13-8)6-11(7-14)4-3-5-12-11/h12,14H,3-7H2,1-2H3. The van der Waals surface area contributed by atoms with Crippen LogP contribution in [0.1, 0.15) is 28.4 Å². The molecule has 1 unspecified atom stereocenters. The zero-order valence-electron chi connectivity index (χ0n) is 9.34. The molecule has 2 heterocycles. The van der Waals surface area contributed by atoms with Gasteiger partial charge in [-0.1, -0.05) is 0 Å². The molecule has 1 fully saturated rings. The van der Waals surface area contributed by atoms with Crippen molar-refractivity contribution in [3.05, 3.63) is 15.6 Å². The maximum absolute atomic E-state index is 9.47. The van der Waals surface area contributed by atoms with E-state index in [1.807, 2.05) is 6.92 Å². The number of hydrogen-bond donors (Lipinski definition) is 2. The molecule has 3 nitrogen and oxygen atoms in total. The molecule has 84 valence electrons. The second-order valence-electron chi connectivity index (χ2n) is 4.39. The first kappa shape index (κ1) is 11.0. The van der Waals surface area contributed by atoms with Gasteiger partial charge in [-0.2, -0.15) is 0 Å². The smallest absolute Gasteiger partial charge is 0.0950 e. The summed E-state index contributed by atoms with van der Waals surface area (Å²) in [6.45, 7) is 5.38. The van der Waals surface area contributed by atoms with E-state index in [1.165, 1.54) is 4.88 Å². The number of thiazole rings is 1. The fourth-order valence-electron chi connectivity index (χ4n) is 2.11. The predicted molar refractivity (Wildman–Crippen MR) is 62.3 cm³/mol. The average Bonchev–Trinajstić information content (AvgIpc) is 2.77. The van der Waals surface area contributed by atoms with Crippen molar-refractivity contribution >= 4 is 11.3 Å². The molecule has 0 radical (unpaired) electrons. The molecule has 0 aromatic carbocycles.